The van der Waals surface area contributed by atoms with Crippen LogP contribution in [0.2, 0.25) is 0 Å². The van der Waals surface area contributed by atoms with Crippen LogP contribution in [-0.4, -0.2) is 68.1 Å². The second-order valence-electron chi connectivity index (χ2n) is 7.64. The molecule has 1 amide bonds. The van der Waals surface area contributed by atoms with Crippen molar-refractivity contribution in [2.75, 3.05) is 31.9 Å². The normalized spacial score (nSPS) is 27.1. The zero-order chi connectivity index (χ0) is 17.9. The summed E-state index contributed by atoms with van der Waals surface area (Å²) in [6.07, 6.45) is 2.61. The first-order valence-electron chi connectivity index (χ1n) is 9.23. The Morgan fingerprint density at radius 1 is 1.21 bits per heavy atom. The fourth-order valence-electron chi connectivity index (χ4n) is 4.06. The number of carbonyl (C=O) groups is 1. The third-order valence-corrected chi connectivity index (χ3v) is 7.09. The molecule has 1 N–H and O–H groups in total. The van der Waals surface area contributed by atoms with E-state index in [0.717, 1.165) is 39.0 Å². The van der Waals surface area contributed by atoms with Crippen molar-refractivity contribution in [3.05, 3.63) is 0 Å². The van der Waals surface area contributed by atoms with Crippen LogP contribution < -0.4 is 4.72 Å². The lowest BCUT2D eigenvalue weighted by Gasteiger charge is -2.36. The quantitative estimate of drug-likeness (QED) is 0.776. The summed E-state index contributed by atoms with van der Waals surface area (Å²) in [4.78, 5) is 15.8. The van der Waals surface area contributed by atoms with Crippen LogP contribution in [0.25, 0.3) is 0 Å². The summed E-state index contributed by atoms with van der Waals surface area (Å²) in [7, 11) is -3.19. The van der Waals surface area contributed by atoms with E-state index in [4.69, 9.17) is 0 Å². The third-order valence-electron chi connectivity index (χ3n) is 5.48. The number of piperidine rings is 1. The number of amides is 1. The number of nitrogens with one attached hydrogen (secondary N) is 1. The molecule has 0 radical (unpaired) electrons. The van der Waals surface area contributed by atoms with Gasteiger partial charge in [-0.05, 0) is 31.1 Å². The lowest BCUT2D eigenvalue weighted by Crippen LogP contribution is -2.46. The largest absolute Gasteiger partial charge is 0.343 e. The molecule has 0 aliphatic carbocycles. The Morgan fingerprint density at radius 3 is 2.33 bits per heavy atom. The molecule has 2 heterocycles. The fraction of sp³-hybridized carbons (Fsp3) is 0.941. The van der Waals surface area contributed by atoms with E-state index >= 15 is 0 Å². The van der Waals surface area contributed by atoms with Gasteiger partial charge in [0.15, 0.2) is 0 Å². The molecule has 0 aromatic rings. The topological polar surface area (TPSA) is 69.7 Å². The summed E-state index contributed by atoms with van der Waals surface area (Å²) >= 11 is 0. The Morgan fingerprint density at radius 2 is 1.83 bits per heavy atom. The molecule has 24 heavy (non-hydrogen) atoms. The number of nitrogens with zero attached hydrogens (tertiary/aromatic N) is 2. The van der Waals surface area contributed by atoms with Crippen molar-refractivity contribution in [3.8, 4) is 0 Å². The van der Waals surface area contributed by atoms with Gasteiger partial charge in [-0.25, -0.2) is 13.1 Å². The highest BCUT2D eigenvalue weighted by atomic mass is 32.2. The number of carbonyl (C=O) groups excluding carboxylic acids is 1. The molecule has 6 nitrogen and oxygen atoms in total. The molecule has 7 heteroatoms. The first-order valence-corrected chi connectivity index (χ1v) is 10.9. The van der Waals surface area contributed by atoms with Gasteiger partial charge in [0.25, 0.3) is 0 Å². The summed E-state index contributed by atoms with van der Waals surface area (Å²) in [5.74, 6) is 1.15. The van der Waals surface area contributed by atoms with E-state index in [0.29, 0.717) is 24.3 Å². The maximum absolute atomic E-state index is 12.2. The fourth-order valence-corrected chi connectivity index (χ4v) is 5.43. The summed E-state index contributed by atoms with van der Waals surface area (Å²) in [6.45, 7) is 11.2. The van der Waals surface area contributed by atoms with Gasteiger partial charge in [-0.2, -0.15) is 0 Å². The monoisotopic (exact) mass is 359 g/mol. The first-order chi connectivity index (χ1) is 11.2. The van der Waals surface area contributed by atoms with Crippen molar-refractivity contribution >= 4 is 15.9 Å². The summed E-state index contributed by atoms with van der Waals surface area (Å²) < 4.78 is 27.3. The van der Waals surface area contributed by atoms with Crippen LogP contribution in [-0.2, 0) is 14.8 Å². The summed E-state index contributed by atoms with van der Waals surface area (Å²) in [5.41, 5.74) is 0. The molecule has 2 atom stereocenters. The maximum atomic E-state index is 12.2. The minimum absolute atomic E-state index is 0.00684. The van der Waals surface area contributed by atoms with Gasteiger partial charge in [0.2, 0.25) is 15.9 Å². The van der Waals surface area contributed by atoms with E-state index in [-0.39, 0.29) is 17.7 Å². The average molecular weight is 360 g/mol. The zero-order valence-corrected chi connectivity index (χ0v) is 16.3. The highest BCUT2D eigenvalue weighted by molar-refractivity contribution is 7.89. The van der Waals surface area contributed by atoms with Crippen LogP contribution in [0.15, 0.2) is 0 Å². The van der Waals surface area contributed by atoms with E-state index < -0.39 is 10.0 Å². The Kier molecular flexibility index (Phi) is 6.67. The van der Waals surface area contributed by atoms with Crippen molar-refractivity contribution in [1.82, 2.24) is 14.5 Å². The van der Waals surface area contributed by atoms with E-state index in [1.165, 1.54) is 0 Å². The van der Waals surface area contributed by atoms with E-state index in [1.807, 2.05) is 11.8 Å². The summed E-state index contributed by atoms with van der Waals surface area (Å²) in [6, 6.07) is 0.468. The van der Waals surface area contributed by atoms with E-state index in [9.17, 15) is 13.2 Å². The van der Waals surface area contributed by atoms with Crippen molar-refractivity contribution in [1.29, 1.82) is 0 Å². The van der Waals surface area contributed by atoms with E-state index in [2.05, 4.69) is 23.5 Å². The number of hydrogen-bond acceptors (Lipinski definition) is 4. The predicted octanol–water partition coefficient (Wildman–Crippen LogP) is 1.28. The van der Waals surface area contributed by atoms with Crippen molar-refractivity contribution in [2.24, 2.45) is 11.8 Å². The van der Waals surface area contributed by atoms with Crippen LogP contribution in [0.4, 0.5) is 0 Å². The first kappa shape index (κ1) is 19.7. The molecule has 0 saturated carbocycles. The van der Waals surface area contributed by atoms with Crippen LogP contribution in [0.3, 0.4) is 0 Å². The molecular weight excluding hydrogens is 326 g/mol. The molecule has 2 aliphatic rings. The maximum Gasteiger partial charge on any atom is 0.219 e. The standard InChI is InChI=1S/C17H33N3O3S/c1-5-10-24(22,23)18-17-12-20(11-16(17)13(2)3)15-6-8-19(9-7-15)14(4)21/h13,15-18H,5-12H2,1-4H3/t16-,17+/m0/s1. The Hall–Kier alpha value is -0.660. The molecule has 2 saturated heterocycles. The van der Waals surface area contributed by atoms with Gasteiger partial charge >= 0.3 is 0 Å². The highest BCUT2D eigenvalue weighted by Gasteiger charge is 2.40. The predicted molar refractivity (Wildman–Crippen MR) is 96.2 cm³/mol. The third kappa shape index (κ3) is 4.92. The second kappa shape index (κ2) is 8.15. The summed E-state index contributed by atoms with van der Waals surface area (Å²) in [5, 5.41) is 0. The number of likely N-dealkylation sites (tertiary alicyclic amines) is 2. The molecule has 2 aliphatic heterocycles. The molecule has 2 fully saturated rings. The minimum Gasteiger partial charge on any atom is -0.343 e. The Balaban J connectivity index is 1.98. The lowest BCUT2D eigenvalue weighted by atomic mass is 9.92. The number of rotatable bonds is 6. The molecule has 2 rings (SSSR count). The average Bonchev–Trinajstić information content (AvgIpc) is 2.90. The SMILES string of the molecule is CCCS(=O)(=O)N[C@@H]1CN(C2CCN(C(C)=O)CC2)C[C@H]1C(C)C. The van der Waals surface area contributed by atoms with Crippen LogP contribution in [0.1, 0.15) is 47.0 Å². The minimum atomic E-state index is -3.19. The van der Waals surface area contributed by atoms with Gasteiger partial charge in [-0.15, -0.1) is 0 Å². The molecular formula is C17H33N3O3S. The Labute approximate surface area is 147 Å². The van der Waals surface area contributed by atoms with Crippen molar-refractivity contribution in [3.63, 3.8) is 0 Å². The molecule has 0 aromatic carbocycles. The van der Waals surface area contributed by atoms with Gasteiger partial charge < -0.3 is 4.90 Å². The lowest BCUT2D eigenvalue weighted by molar-refractivity contribution is -0.130. The van der Waals surface area contributed by atoms with Crippen molar-refractivity contribution < 1.29 is 13.2 Å². The molecule has 0 bridgehead atoms. The van der Waals surface area contributed by atoms with Gasteiger partial charge in [-0.3, -0.25) is 9.69 Å². The van der Waals surface area contributed by atoms with Gasteiger partial charge in [0.05, 0.1) is 5.75 Å². The molecule has 140 valence electrons. The molecule has 0 unspecified atom stereocenters. The molecule has 0 spiro atoms. The second-order valence-corrected chi connectivity index (χ2v) is 9.52. The highest BCUT2D eigenvalue weighted by Crippen LogP contribution is 2.29. The van der Waals surface area contributed by atoms with Crippen LogP contribution in [0.5, 0.6) is 0 Å². The van der Waals surface area contributed by atoms with Gasteiger partial charge in [0, 0.05) is 45.2 Å². The van der Waals surface area contributed by atoms with Gasteiger partial charge in [0.1, 0.15) is 0 Å². The van der Waals surface area contributed by atoms with Gasteiger partial charge in [-0.1, -0.05) is 20.8 Å². The van der Waals surface area contributed by atoms with Crippen LogP contribution >= 0.6 is 0 Å². The smallest absolute Gasteiger partial charge is 0.219 e. The van der Waals surface area contributed by atoms with Crippen molar-refractivity contribution in [2.45, 2.75) is 59.0 Å². The molecule has 0 aromatic heterocycles. The Bertz CT molecular complexity index is 527. The number of sulfonamides is 1. The van der Waals surface area contributed by atoms with Crippen LogP contribution in [0, 0.1) is 11.8 Å². The number of hydrogen-bond donors (Lipinski definition) is 1. The van der Waals surface area contributed by atoms with E-state index in [1.54, 1.807) is 6.92 Å². The zero-order valence-electron chi connectivity index (χ0n) is 15.5.